The van der Waals surface area contributed by atoms with Crippen molar-refractivity contribution in [2.45, 2.75) is 45.3 Å². The van der Waals surface area contributed by atoms with Crippen molar-refractivity contribution in [3.05, 3.63) is 35.4 Å². The van der Waals surface area contributed by atoms with Crippen LogP contribution in [0, 0.1) is 0 Å². The number of rotatable bonds is 4. The quantitative estimate of drug-likeness (QED) is 0.836. The third-order valence-corrected chi connectivity index (χ3v) is 3.68. The molecule has 2 amide bonds. The number of ether oxygens (including phenoxy) is 1. The van der Waals surface area contributed by atoms with E-state index in [-0.39, 0.29) is 18.3 Å². The first-order valence-electron chi connectivity index (χ1n) is 7.47. The Morgan fingerprint density at radius 3 is 2.68 bits per heavy atom. The number of hydrogen-bond donors (Lipinski definition) is 2. The van der Waals surface area contributed by atoms with Crippen molar-refractivity contribution in [1.82, 2.24) is 10.6 Å². The lowest BCUT2D eigenvalue weighted by atomic mass is 9.84. The molecule has 0 radical (unpaired) electrons. The number of carbonyl (C=O) groups excluding carboxylic acids is 2. The minimum absolute atomic E-state index is 0. The lowest BCUT2D eigenvalue weighted by Crippen LogP contribution is -2.52. The zero-order chi connectivity index (χ0) is 15.3. The van der Waals surface area contributed by atoms with E-state index in [9.17, 15) is 9.59 Å². The van der Waals surface area contributed by atoms with Gasteiger partial charge in [-0.15, -0.1) is 12.4 Å². The van der Waals surface area contributed by atoms with Crippen LogP contribution in [0.3, 0.4) is 0 Å². The van der Waals surface area contributed by atoms with Crippen molar-refractivity contribution in [3.8, 4) is 0 Å². The highest BCUT2D eigenvalue weighted by molar-refractivity contribution is 5.85. The molecule has 0 aliphatic heterocycles. The first-order valence-corrected chi connectivity index (χ1v) is 7.47. The number of fused-ring (bicyclic) bond motifs is 1. The average Bonchev–Trinajstić information content (AvgIpc) is 2.47. The number of hydrogen-bond acceptors (Lipinski definition) is 3. The molecule has 1 unspecified atom stereocenters. The molecule has 0 bridgehead atoms. The van der Waals surface area contributed by atoms with Gasteiger partial charge in [0.1, 0.15) is 0 Å². The fraction of sp³-hybridized carbons (Fsp3) is 0.500. The van der Waals surface area contributed by atoms with Gasteiger partial charge in [-0.1, -0.05) is 31.2 Å². The number of amides is 2. The standard InChI is InChI=1S/C16H22N2O3.ClH/c1-3-14(19)18-16(21-15(20)17-4-2)11-7-9-12-8-5-6-10-13(12)16;/h5-6,8,10H,3-4,7,9,11H2,1-2H3,(H,17,20)(H,18,19);1H. The molecule has 1 aliphatic carbocycles. The van der Waals surface area contributed by atoms with Crippen molar-refractivity contribution in [1.29, 1.82) is 0 Å². The lowest BCUT2D eigenvalue weighted by Gasteiger charge is -2.38. The highest BCUT2D eigenvalue weighted by Gasteiger charge is 2.41. The van der Waals surface area contributed by atoms with Gasteiger partial charge < -0.3 is 15.4 Å². The second kappa shape index (κ2) is 8.03. The van der Waals surface area contributed by atoms with Gasteiger partial charge in [0.05, 0.1) is 0 Å². The van der Waals surface area contributed by atoms with Crippen molar-refractivity contribution >= 4 is 24.4 Å². The summed E-state index contributed by atoms with van der Waals surface area (Å²) in [5, 5.41) is 5.53. The molecule has 5 nitrogen and oxygen atoms in total. The van der Waals surface area contributed by atoms with Gasteiger partial charge in [-0.3, -0.25) is 4.79 Å². The minimum Gasteiger partial charge on any atom is -0.418 e. The zero-order valence-corrected chi connectivity index (χ0v) is 13.8. The van der Waals surface area contributed by atoms with Crippen LogP contribution in [0.1, 0.15) is 44.2 Å². The van der Waals surface area contributed by atoms with E-state index in [1.807, 2.05) is 31.2 Å². The van der Waals surface area contributed by atoms with Gasteiger partial charge in [0.2, 0.25) is 11.6 Å². The van der Waals surface area contributed by atoms with E-state index in [0.717, 1.165) is 24.0 Å². The van der Waals surface area contributed by atoms with Gasteiger partial charge in [-0.2, -0.15) is 0 Å². The minimum atomic E-state index is -1.05. The summed E-state index contributed by atoms with van der Waals surface area (Å²) in [4.78, 5) is 23.8. The molecular formula is C16H23ClN2O3. The molecule has 1 aromatic rings. The monoisotopic (exact) mass is 326 g/mol. The molecule has 1 aliphatic rings. The summed E-state index contributed by atoms with van der Waals surface area (Å²) in [6.45, 7) is 4.09. The summed E-state index contributed by atoms with van der Waals surface area (Å²) in [5.74, 6) is -0.129. The highest BCUT2D eigenvalue weighted by atomic mass is 35.5. The van der Waals surface area contributed by atoms with Crippen molar-refractivity contribution in [2.75, 3.05) is 6.54 Å². The molecule has 1 aromatic carbocycles. The van der Waals surface area contributed by atoms with Crippen molar-refractivity contribution in [2.24, 2.45) is 0 Å². The molecular weight excluding hydrogens is 304 g/mol. The third-order valence-electron chi connectivity index (χ3n) is 3.68. The fourth-order valence-corrected chi connectivity index (χ4v) is 2.71. The van der Waals surface area contributed by atoms with Gasteiger partial charge in [0.15, 0.2) is 0 Å². The molecule has 0 spiro atoms. The first kappa shape index (κ1) is 18.3. The van der Waals surface area contributed by atoms with E-state index in [0.29, 0.717) is 19.4 Å². The molecule has 0 heterocycles. The van der Waals surface area contributed by atoms with Gasteiger partial charge in [-0.25, -0.2) is 4.79 Å². The Morgan fingerprint density at radius 2 is 2.00 bits per heavy atom. The van der Waals surface area contributed by atoms with E-state index in [2.05, 4.69) is 10.6 Å². The van der Waals surface area contributed by atoms with Crippen LogP contribution in [0.5, 0.6) is 0 Å². The number of nitrogens with one attached hydrogen (secondary N) is 2. The molecule has 122 valence electrons. The van der Waals surface area contributed by atoms with E-state index in [4.69, 9.17) is 4.74 Å². The maximum absolute atomic E-state index is 11.9. The highest BCUT2D eigenvalue weighted by Crippen LogP contribution is 2.36. The second-order valence-corrected chi connectivity index (χ2v) is 5.16. The van der Waals surface area contributed by atoms with E-state index >= 15 is 0 Å². The van der Waals surface area contributed by atoms with Crippen molar-refractivity contribution in [3.63, 3.8) is 0 Å². The number of halogens is 1. The number of carbonyl (C=O) groups is 2. The molecule has 1 atom stereocenters. The summed E-state index contributed by atoms with van der Waals surface area (Å²) in [6, 6.07) is 7.80. The largest absolute Gasteiger partial charge is 0.418 e. The molecule has 0 aromatic heterocycles. The van der Waals surface area contributed by atoms with Gasteiger partial charge >= 0.3 is 6.09 Å². The molecule has 0 saturated heterocycles. The Bertz CT molecular complexity index is 536. The molecule has 0 saturated carbocycles. The number of aryl methyl sites for hydroxylation is 1. The molecule has 22 heavy (non-hydrogen) atoms. The summed E-state index contributed by atoms with van der Waals surface area (Å²) in [5.41, 5.74) is 0.940. The van der Waals surface area contributed by atoms with Crippen LogP contribution in [-0.2, 0) is 21.7 Å². The second-order valence-electron chi connectivity index (χ2n) is 5.16. The van der Waals surface area contributed by atoms with Gasteiger partial charge in [-0.05, 0) is 25.3 Å². The van der Waals surface area contributed by atoms with Gasteiger partial charge in [0, 0.05) is 24.9 Å². The molecule has 2 rings (SSSR count). The van der Waals surface area contributed by atoms with Crippen LogP contribution in [0.25, 0.3) is 0 Å². The van der Waals surface area contributed by atoms with Gasteiger partial charge in [0.25, 0.3) is 0 Å². The summed E-state index contributed by atoms with van der Waals surface area (Å²) in [6.07, 6.45) is 2.22. The zero-order valence-electron chi connectivity index (χ0n) is 13.0. The van der Waals surface area contributed by atoms with Crippen LogP contribution < -0.4 is 10.6 Å². The number of alkyl carbamates (subject to hydrolysis) is 1. The van der Waals surface area contributed by atoms with Crippen LogP contribution in [0.4, 0.5) is 4.79 Å². The molecule has 6 heteroatoms. The smallest absolute Gasteiger partial charge is 0.409 e. The maximum Gasteiger partial charge on any atom is 0.409 e. The predicted molar refractivity (Wildman–Crippen MR) is 86.9 cm³/mol. The fourth-order valence-electron chi connectivity index (χ4n) is 2.71. The Morgan fingerprint density at radius 1 is 1.27 bits per heavy atom. The van der Waals surface area contributed by atoms with Crippen LogP contribution in [0.2, 0.25) is 0 Å². The number of benzene rings is 1. The topological polar surface area (TPSA) is 67.4 Å². The predicted octanol–water partition coefficient (Wildman–Crippen LogP) is 2.87. The van der Waals surface area contributed by atoms with Crippen LogP contribution >= 0.6 is 12.4 Å². The molecule has 0 fully saturated rings. The third kappa shape index (κ3) is 3.91. The lowest BCUT2D eigenvalue weighted by molar-refractivity contribution is -0.130. The Labute approximate surface area is 137 Å². The van der Waals surface area contributed by atoms with E-state index in [1.165, 1.54) is 0 Å². The SMILES string of the molecule is CCNC(=O)OC1(NC(=O)CC)CCCc2ccccc21.Cl. The summed E-state index contributed by atoms with van der Waals surface area (Å²) >= 11 is 0. The van der Waals surface area contributed by atoms with Crippen LogP contribution in [-0.4, -0.2) is 18.5 Å². The first-order chi connectivity index (χ1) is 10.1. The maximum atomic E-state index is 11.9. The Kier molecular flexibility index (Phi) is 6.68. The summed E-state index contributed by atoms with van der Waals surface area (Å²) < 4.78 is 5.64. The average molecular weight is 327 g/mol. The summed E-state index contributed by atoms with van der Waals surface area (Å²) in [7, 11) is 0. The Balaban J connectivity index is 0.00000242. The van der Waals surface area contributed by atoms with E-state index < -0.39 is 11.8 Å². The van der Waals surface area contributed by atoms with E-state index in [1.54, 1.807) is 6.92 Å². The normalized spacial score (nSPS) is 19.4. The molecule has 2 N–H and O–H groups in total. The van der Waals surface area contributed by atoms with Crippen molar-refractivity contribution < 1.29 is 14.3 Å². The Hall–Kier alpha value is -1.75. The van der Waals surface area contributed by atoms with Crippen LogP contribution in [0.15, 0.2) is 24.3 Å².